The van der Waals surface area contributed by atoms with Crippen molar-refractivity contribution >= 4 is 41.3 Å². The maximum absolute atomic E-state index is 5.83. The number of thiazole rings is 1. The zero-order valence-electron chi connectivity index (χ0n) is 17.7. The Morgan fingerprint density at radius 3 is 2.63 bits per heavy atom. The lowest BCUT2D eigenvalue weighted by atomic mass is 9.78. The highest BCUT2D eigenvalue weighted by Crippen LogP contribution is 2.43. The average Bonchev–Trinajstić information content (AvgIpc) is 3.40. The quantitative estimate of drug-likeness (QED) is 0.328. The minimum Gasteiger partial charge on any atom is -0.486 e. The van der Waals surface area contributed by atoms with E-state index in [0.29, 0.717) is 13.2 Å². The van der Waals surface area contributed by atoms with Crippen molar-refractivity contribution in [3.05, 3.63) is 39.8 Å². The fraction of sp³-hybridized carbons (Fsp3) is 0.545. The number of aryl methyl sites for hydroxylation is 1. The largest absolute Gasteiger partial charge is 0.486 e. The fourth-order valence-corrected chi connectivity index (χ4v) is 4.95. The molecule has 0 saturated heterocycles. The van der Waals surface area contributed by atoms with Crippen LogP contribution in [0, 0.1) is 6.92 Å². The first-order valence-electron chi connectivity index (χ1n) is 10.4. The highest BCUT2D eigenvalue weighted by molar-refractivity contribution is 14.0. The highest BCUT2D eigenvalue weighted by Gasteiger charge is 2.36. The standard InChI is InChI=1S/C22H30N4O2S.HI/c1-16-26-18(14-29-16)7-10-24-21(23-2)25-15-22(8-3-4-9-22)17-5-6-19-20(13-17)28-12-11-27-19;/h5-6,13-14H,3-4,7-12,15H2,1-2H3,(H2,23,24,25);1H. The number of benzene rings is 1. The summed E-state index contributed by atoms with van der Waals surface area (Å²) in [4.78, 5) is 8.94. The lowest BCUT2D eigenvalue weighted by molar-refractivity contribution is 0.171. The summed E-state index contributed by atoms with van der Waals surface area (Å²) in [6, 6.07) is 6.45. The number of nitrogens with zero attached hydrogens (tertiary/aromatic N) is 2. The molecule has 2 aliphatic rings. The number of hydrogen-bond acceptors (Lipinski definition) is 5. The number of hydrogen-bond donors (Lipinski definition) is 2. The van der Waals surface area contributed by atoms with Gasteiger partial charge in [0.25, 0.3) is 0 Å². The number of nitrogens with one attached hydrogen (secondary N) is 2. The van der Waals surface area contributed by atoms with Crippen LogP contribution in [0.4, 0.5) is 0 Å². The minimum atomic E-state index is 0. The van der Waals surface area contributed by atoms with Gasteiger partial charge in [0.1, 0.15) is 13.2 Å². The molecular formula is C22H31IN4O2S. The molecule has 30 heavy (non-hydrogen) atoms. The Kier molecular flexibility index (Phi) is 8.21. The van der Waals surface area contributed by atoms with Gasteiger partial charge in [-0.05, 0) is 37.5 Å². The van der Waals surface area contributed by atoms with Gasteiger partial charge in [-0.3, -0.25) is 4.99 Å². The Morgan fingerprint density at radius 2 is 1.93 bits per heavy atom. The van der Waals surface area contributed by atoms with Gasteiger partial charge in [0, 0.05) is 37.4 Å². The average molecular weight is 542 g/mol. The fourth-order valence-electron chi connectivity index (χ4n) is 4.30. The molecule has 6 nitrogen and oxygen atoms in total. The van der Waals surface area contributed by atoms with Gasteiger partial charge in [-0.15, -0.1) is 35.3 Å². The number of aromatic nitrogens is 1. The Balaban J connectivity index is 0.00000256. The summed E-state index contributed by atoms with van der Waals surface area (Å²) in [5, 5.41) is 10.2. The molecule has 0 unspecified atom stereocenters. The molecule has 2 N–H and O–H groups in total. The van der Waals surface area contributed by atoms with Crippen molar-refractivity contribution < 1.29 is 9.47 Å². The Bertz CT molecular complexity index is 865. The Labute approximate surface area is 199 Å². The summed E-state index contributed by atoms with van der Waals surface area (Å²) < 4.78 is 11.5. The van der Waals surface area contributed by atoms with Gasteiger partial charge in [-0.2, -0.15) is 0 Å². The predicted octanol–water partition coefficient (Wildman–Crippen LogP) is 4.06. The summed E-state index contributed by atoms with van der Waals surface area (Å²) in [6.45, 7) is 4.97. The molecule has 1 aromatic carbocycles. The summed E-state index contributed by atoms with van der Waals surface area (Å²) in [6.07, 6.45) is 5.76. The van der Waals surface area contributed by atoms with E-state index >= 15 is 0 Å². The van der Waals surface area contributed by atoms with Gasteiger partial charge in [-0.1, -0.05) is 18.9 Å². The van der Waals surface area contributed by atoms with Crippen LogP contribution in [0.1, 0.15) is 41.9 Å². The van der Waals surface area contributed by atoms with Gasteiger partial charge in [0.2, 0.25) is 0 Å². The summed E-state index contributed by atoms with van der Waals surface area (Å²) in [5.74, 6) is 2.58. The van der Waals surface area contributed by atoms with Gasteiger partial charge in [0.05, 0.1) is 10.7 Å². The van der Waals surface area contributed by atoms with Crippen LogP contribution >= 0.6 is 35.3 Å². The molecule has 164 valence electrons. The molecule has 0 bridgehead atoms. The normalized spacial score (nSPS) is 17.3. The first kappa shape index (κ1) is 23.1. The third-order valence-electron chi connectivity index (χ3n) is 5.87. The molecule has 2 heterocycles. The molecule has 8 heteroatoms. The van der Waals surface area contributed by atoms with Crippen molar-refractivity contribution in [2.75, 3.05) is 33.4 Å². The second kappa shape index (κ2) is 10.7. The van der Waals surface area contributed by atoms with Crippen LogP contribution in [0.3, 0.4) is 0 Å². The Morgan fingerprint density at radius 1 is 1.17 bits per heavy atom. The smallest absolute Gasteiger partial charge is 0.191 e. The molecule has 0 atom stereocenters. The van der Waals surface area contributed by atoms with Crippen molar-refractivity contribution in [3.8, 4) is 11.5 Å². The topological polar surface area (TPSA) is 67.8 Å². The molecule has 0 amide bonds. The maximum Gasteiger partial charge on any atom is 0.191 e. The summed E-state index contributed by atoms with van der Waals surface area (Å²) in [5.41, 5.74) is 2.58. The predicted molar refractivity (Wildman–Crippen MR) is 133 cm³/mol. The first-order chi connectivity index (χ1) is 14.2. The number of rotatable bonds is 6. The molecular weight excluding hydrogens is 511 g/mol. The molecule has 1 aromatic heterocycles. The van der Waals surface area contributed by atoms with Crippen LogP contribution in [0.5, 0.6) is 11.5 Å². The van der Waals surface area contributed by atoms with E-state index in [1.807, 2.05) is 14.0 Å². The monoisotopic (exact) mass is 542 g/mol. The van der Waals surface area contributed by atoms with Crippen molar-refractivity contribution in [1.29, 1.82) is 0 Å². The van der Waals surface area contributed by atoms with Gasteiger partial charge >= 0.3 is 0 Å². The second-order valence-corrected chi connectivity index (χ2v) is 8.87. The minimum absolute atomic E-state index is 0. The van der Waals surface area contributed by atoms with Crippen molar-refractivity contribution in [2.45, 2.75) is 44.4 Å². The molecule has 1 aliphatic carbocycles. The van der Waals surface area contributed by atoms with Gasteiger partial charge in [0.15, 0.2) is 17.5 Å². The van der Waals surface area contributed by atoms with E-state index in [1.165, 1.54) is 31.2 Å². The van der Waals surface area contributed by atoms with E-state index in [2.05, 4.69) is 44.2 Å². The summed E-state index contributed by atoms with van der Waals surface area (Å²) in [7, 11) is 1.83. The molecule has 0 spiro atoms. The number of aliphatic imine (C=N–C) groups is 1. The Hall–Kier alpha value is -1.55. The molecule has 0 radical (unpaired) electrons. The number of guanidine groups is 1. The van der Waals surface area contributed by atoms with E-state index in [-0.39, 0.29) is 29.4 Å². The van der Waals surface area contributed by atoms with Crippen LogP contribution in [0.2, 0.25) is 0 Å². The molecule has 1 fully saturated rings. The molecule has 1 aliphatic heterocycles. The third-order valence-corrected chi connectivity index (χ3v) is 6.70. The van der Waals surface area contributed by atoms with Crippen molar-refractivity contribution in [1.82, 2.24) is 15.6 Å². The number of halogens is 1. The van der Waals surface area contributed by atoms with Crippen molar-refractivity contribution in [3.63, 3.8) is 0 Å². The van der Waals surface area contributed by atoms with Crippen LogP contribution in [0.15, 0.2) is 28.6 Å². The van der Waals surface area contributed by atoms with E-state index < -0.39 is 0 Å². The van der Waals surface area contributed by atoms with Gasteiger partial charge in [-0.25, -0.2) is 4.98 Å². The zero-order chi connectivity index (χ0) is 20.1. The van der Waals surface area contributed by atoms with E-state index in [4.69, 9.17) is 9.47 Å². The van der Waals surface area contributed by atoms with Crippen LogP contribution in [-0.4, -0.2) is 44.3 Å². The van der Waals surface area contributed by atoms with Crippen molar-refractivity contribution in [2.24, 2.45) is 4.99 Å². The van der Waals surface area contributed by atoms with Crippen LogP contribution in [0.25, 0.3) is 0 Å². The van der Waals surface area contributed by atoms with Crippen LogP contribution in [-0.2, 0) is 11.8 Å². The SMILES string of the molecule is CN=C(NCCc1csc(C)n1)NCC1(c2ccc3c(c2)OCCO3)CCCC1.I. The second-order valence-electron chi connectivity index (χ2n) is 7.81. The maximum atomic E-state index is 5.83. The van der Waals surface area contributed by atoms with Crippen LogP contribution < -0.4 is 20.1 Å². The lowest BCUT2D eigenvalue weighted by Crippen LogP contribution is -2.45. The molecule has 2 aromatic rings. The zero-order valence-corrected chi connectivity index (χ0v) is 20.8. The third kappa shape index (κ3) is 5.38. The highest BCUT2D eigenvalue weighted by atomic mass is 127. The van der Waals surface area contributed by atoms with Gasteiger partial charge < -0.3 is 20.1 Å². The summed E-state index contributed by atoms with van der Waals surface area (Å²) >= 11 is 1.70. The molecule has 4 rings (SSSR count). The van der Waals surface area contributed by atoms with E-state index in [0.717, 1.165) is 47.7 Å². The van der Waals surface area contributed by atoms with E-state index in [1.54, 1.807) is 11.3 Å². The first-order valence-corrected chi connectivity index (χ1v) is 11.3. The number of fused-ring (bicyclic) bond motifs is 1. The molecule has 1 saturated carbocycles. The van der Waals surface area contributed by atoms with E-state index in [9.17, 15) is 0 Å². The lowest BCUT2D eigenvalue weighted by Gasteiger charge is -2.32. The number of ether oxygens (including phenoxy) is 2.